The first-order valence-electron chi connectivity index (χ1n) is 1.45. The first kappa shape index (κ1) is 5.27. The lowest BCUT2D eigenvalue weighted by molar-refractivity contribution is 0.252. The van der Waals surface area contributed by atoms with Crippen LogP contribution in [0.15, 0.2) is 0 Å². The fourth-order valence-corrected chi connectivity index (χ4v) is 0.194. The van der Waals surface area contributed by atoms with Gasteiger partial charge in [0.05, 0.1) is 0 Å². The minimum Gasteiger partial charge on any atom is -0.235 e. The Bertz CT molecular complexity index is 17.1. The third-order valence-corrected chi connectivity index (χ3v) is 0.338. The average molecular weight is 93.2 g/mol. The van der Waals surface area contributed by atoms with Gasteiger partial charge in [-0.1, -0.05) is 6.92 Å². The van der Waals surface area contributed by atoms with E-state index in [1.165, 1.54) is 0 Å². The lowest BCUT2D eigenvalue weighted by Crippen LogP contribution is -2.05. The molecule has 0 saturated carbocycles. The van der Waals surface area contributed by atoms with E-state index in [9.17, 15) is 0 Å². The Morgan fingerprint density at radius 1 is 2.00 bits per heavy atom. The van der Waals surface area contributed by atoms with Crippen molar-refractivity contribution >= 4 is 12.9 Å². The van der Waals surface area contributed by atoms with Crippen LogP contribution in [0.3, 0.4) is 0 Å². The van der Waals surface area contributed by atoms with E-state index in [0.717, 1.165) is 6.54 Å². The predicted octanol–water partition coefficient (Wildman–Crippen LogP) is 0.372. The third kappa shape index (κ3) is 4.27. The molecule has 5 heavy (non-hydrogen) atoms. The van der Waals surface area contributed by atoms with Gasteiger partial charge in [0.2, 0.25) is 0 Å². The van der Waals surface area contributed by atoms with Crippen molar-refractivity contribution in [3.8, 4) is 0 Å². The molecule has 0 radical (unpaired) electrons. The van der Waals surface area contributed by atoms with Gasteiger partial charge in [0.15, 0.2) is 0 Å². The Hall–Kier alpha value is 0.270. The van der Waals surface area contributed by atoms with Crippen LogP contribution in [0.1, 0.15) is 6.92 Å². The van der Waals surface area contributed by atoms with Gasteiger partial charge in [-0.15, -0.1) is 0 Å². The fourth-order valence-electron chi connectivity index (χ4n) is 0.0645. The van der Waals surface area contributed by atoms with E-state index in [0.29, 0.717) is 0 Å². The van der Waals surface area contributed by atoms with E-state index >= 15 is 0 Å². The number of hydroxylamine groups is 1. The monoisotopic (exact) mass is 93.0 g/mol. The molecular formula is C2H7NOS. The minimum atomic E-state index is 0.795. The summed E-state index contributed by atoms with van der Waals surface area (Å²) < 4.78 is 4.14. The molecule has 3 heteroatoms. The maximum atomic E-state index is 4.14. The molecule has 0 aliphatic heterocycles. The molecule has 0 aromatic rings. The van der Waals surface area contributed by atoms with Gasteiger partial charge in [0.1, 0.15) is 0 Å². The first-order valence-corrected chi connectivity index (χ1v) is 1.81. The van der Waals surface area contributed by atoms with E-state index in [1.807, 2.05) is 6.92 Å². The van der Waals surface area contributed by atoms with Crippen LogP contribution in [0.2, 0.25) is 0 Å². The van der Waals surface area contributed by atoms with Crippen LogP contribution in [0.25, 0.3) is 0 Å². The third-order valence-electron chi connectivity index (χ3n) is 0.209. The Balaban J connectivity index is 2.19. The van der Waals surface area contributed by atoms with Gasteiger partial charge < -0.3 is 0 Å². The molecule has 2 nitrogen and oxygen atoms in total. The lowest BCUT2D eigenvalue weighted by Gasteiger charge is -1.86. The summed E-state index contributed by atoms with van der Waals surface area (Å²) in [6.07, 6.45) is 0. The second-order valence-electron chi connectivity index (χ2n) is 0.589. The van der Waals surface area contributed by atoms with Crippen LogP contribution in [0.4, 0.5) is 0 Å². The topological polar surface area (TPSA) is 21.3 Å². The van der Waals surface area contributed by atoms with E-state index in [4.69, 9.17) is 0 Å². The minimum absolute atomic E-state index is 0.795. The van der Waals surface area contributed by atoms with E-state index in [-0.39, 0.29) is 0 Å². The summed E-state index contributed by atoms with van der Waals surface area (Å²) in [7, 11) is 0. The van der Waals surface area contributed by atoms with Crippen molar-refractivity contribution in [3.63, 3.8) is 0 Å². The standard InChI is InChI=1S/C2H7NOS/c1-2-3-4-5/h3,5H,2H2,1H3. The Morgan fingerprint density at radius 2 is 2.60 bits per heavy atom. The molecule has 0 aliphatic carbocycles. The van der Waals surface area contributed by atoms with Crippen LogP contribution in [0, 0.1) is 0 Å². The highest BCUT2D eigenvalue weighted by Crippen LogP contribution is 1.63. The van der Waals surface area contributed by atoms with Gasteiger partial charge in [0.25, 0.3) is 0 Å². The molecule has 0 spiro atoms. The van der Waals surface area contributed by atoms with Crippen LogP contribution < -0.4 is 5.48 Å². The summed E-state index contributed by atoms with van der Waals surface area (Å²) in [5, 5.41) is 0. The number of nitrogens with one attached hydrogen (secondary N) is 1. The molecule has 1 N–H and O–H groups in total. The van der Waals surface area contributed by atoms with Gasteiger partial charge >= 0.3 is 0 Å². The van der Waals surface area contributed by atoms with E-state index in [2.05, 4.69) is 22.7 Å². The summed E-state index contributed by atoms with van der Waals surface area (Å²) >= 11 is 3.39. The molecular weight excluding hydrogens is 86.1 g/mol. The molecule has 0 aromatic carbocycles. The number of hydrogen-bond donors (Lipinski definition) is 2. The molecule has 32 valence electrons. The smallest absolute Gasteiger partial charge is 0.0193 e. The zero-order chi connectivity index (χ0) is 4.12. The zero-order valence-corrected chi connectivity index (χ0v) is 3.96. The van der Waals surface area contributed by atoms with Gasteiger partial charge in [-0.3, -0.25) is 0 Å². The normalized spacial score (nSPS) is 8.40. The number of hydrogen-bond acceptors (Lipinski definition) is 3. The average Bonchev–Trinajstić information content (AvgIpc) is 1.41. The largest absolute Gasteiger partial charge is 0.235 e. The molecule has 0 amide bonds. The molecule has 0 aliphatic rings. The maximum Gasteiger partial charge on any atom is 0.0193 e. The van der Waals surface area contributed by atoms with Crippen molar-refractivity contribution in [2.24, 2.45) is 0 Å². The maximum absolute atomic E-state index is 4.14. The van der Waals surface area contributed by atoms with Gasteiger partial charge in [-0.25, -0.2) is 4.28 Å². The van der Waals surface area contributed by atoms with Crippen LogP contribution >= 0.6 is 12.9 Å². The SMILES string of the molecule is CCNOS. The molecule has 0 aromatic heterocycles. The van der Waals surface area contributed by atoms with Crippen LogP contribution in [-0.4, -0.2) is 6.54 Å². The molecule has 0 unspecified atom stereocenters. The van der Waals surface area contributed by atoms with Crippen molar-refractivity contribution in [2.75, 3.05) is 6.54 Å². The van der Waals surface area contributed by atoms with E-state index in [1.54, 1.807) is 0 Å². The van der Waals surface area contributed by atoms with Gasteiger partial charge in [-0.2, -0.15) is 5.48 Å². The molecule has 0 heterocycles. The van der Waals surface area contributed by atoms with Gasteiger partial charge in [0, 0.05) is 6.54 Å². The molecule has 0 bridgehead atoms. The highest BCUT2D eigenvalue weighted by atomic mass is 32.1. The second-order valence-corrected chi connectivity index (χ2v) is 0.772. The van der Waals surface area contributed by atoms with Crippen LogP contribution in [0.5, 0.6) is 0 Å². The summed E-state index contributed by atoms with van der Waals surface area (Å²) in [5.41, 5.74) is 2.48. The molecule has 0 rings (SSSR count). The summed E-state index contributed by atoms with van der Waals surface area (Å²) in [6.45, 7) is 2.72. The fraction of sp³-hybridized carbons (Fsp3) is 1.00. The van der Waals surface area contributed by atoms with Gasteiger partial charge in [-0.05, 0) is 12.9 Å². The van der Waals surface area contributed by atoms with E-state index < -0.39 is 0 Å². The highest BCUT2D eigenvalue weighted by Gasteiger charge is 1.62. The summed E-state index contributed by atoms with van der Waals surface area (Å²) in [4.78, 5) is 0. The summed E-state index contributed by atoms with van der Waals surface area (Å²) in [5.74, 6) is 0. The van der Waals surface area contributed by atoms with Crippen molar-refractivity contribution in [1.82, 2.24) is 5.48 Å². The molecule has 0 atom stereocenters. The molecule has 0 fully saturated rings. The quantitative estimate of drug-likeness (QED) is 0.292. The first-order chi connectivity index (χ1) is 2.41. The van der Waals surface area contributed by atoms with Crippen molar-refractivity contribution < 1.29 is 4.28 Å². The number of thiol groups is 1. The predicted molar refractivity (Wildman–Crippen MR) is 23.7 cm³/mol. The Labute approximate surface area is 37.1 Å². The van der Waals surface area contributed by atoms with Crippen molar-refractivity contribution in [3.05, 3.63) is 0 Å². The lowest BCUT2D eigenvalue weighted by atomic mass is 10.8. The molecule has 0 saturated heterocycles. The highest BCUT2D eigenvalue weighted by molar-refractivity contribution is 7.75. The van der Waals surface area contributed by atoms with Crippen molar-refractivity contribution in [1.29, 1.82) is 0 Å². The Kier molecular flexibility index (Phi) is 4.50. The van der Waals surface area contributed by atoms with Crippen LogP contribution in [-0.2, 0) is 4.28 Å². The number of rotatable bonds is 2. The zero-order valence-electron chi connectivity index (χ0n) is 3.06. The Morgan fingerprint density at radius 3 is 2.60 bits per heavy atom. The van der Waals surface area contributed by atoms with Crippen molar-refractivity contribution in [2.45, 2.75) is 6.92 Å². The summed E-state index contributed by atoms with van der Waals surface area (Å²) in [6, 6.07) is 0. The second kappa shape index (κ2) is 4.27.